The molecule has 33 heavy (non-hydrogen) atoms. The number of ether oxygens (including phenoxy) is 1. The number of anilines is 2. The summed E-state index contributed by atoms with van der Waals surface area (Å²) in [6.07, 6.45) is 4.68. The minimum atomic E-state index is -1.02. The van der Waals surface area contributed by atoms with Crippen molar-refractivity contribution in [3.63, 3.8) is 0 Å². The summed E-state index contributed by atoms with van der Waals surface area (Å²) in [5.41, 5.74) is 1.93. The number of hydrogen-bond donors (Lipinski definition) is 1. The Morgan fingerprint density at radius 2 is 1.94 bits per heavy atom. The van der Waals surface area contributed by atoms with E-state index < -0.39 is 11.2 Å². The predicted octanol–water partition coefficient (Wildman–Crippen LogP) is 4.38. The maximum absolute atomic E-state index is 12.6. The van der Waals surface area contributed by atoms with Crippen molar-refractivity contribution in [2.24, 2.45) is 0 Å². The highest BCUT2D eigenvalue weighted by Gasteiger charge is 2.34. The lowest BCUT2D eigenvalue weighted by Gasteiger charge is -2.32. The van der Waals surface area contributed by atoms with E-state index in [9.17, 15) is 4.55 Å². The molecule has 3 aromatic rings. The molecule has 5 heterocycles. The third kappa shape index (κ3) is 4.41. The molecule has 6 rings (SSSR count). The lowest BCUT2D eigenvalue weighted by molar-refractivity contribution is 0.0903. The highest BCUT2D eigenvalue weighted by molar-refractivity contribution is 7.91. The van der Waals surface area contributed by atoms with Crippen LogP contribution >= 0.6 is 22.9 Å². The molecule has 3 aliphatic rings. The topological polar surface area (TPSA) is 86.2 Å². The van der Waals surface area contributed by atoms with Crippen LogP contribution in [0.4, 0.5) is 11.8 Å². The third-order valence-corrected chi connectivity index (χ3v) is 9.62. The molecule has 10 heteroatoms. The largest absolute Gasteiger partial charge is 0.611 e. The van der Waals surface area contributed by atoms with Gasteiger partial charge in [-0.25, -0.2) is 9.97 Å². The minimum Gasteiger partial charge on any atom is -0.611 e. The number of benzene rings is 1. The van der Waals surface area contributed by atoms with Crippen LogP contribution in [0.1, 0.15) is 42.3 Å². The van der Waals surface area contributed by atoms with Crippen molar-refractivity contribution < 1.29 is 9.29 Å². The number of nitrogens with one attached hydrogen (secondary N) is 1. The molecule has 7 nitrogen and oxygen atoms in total. The fourth-order valence-electron chi connectivity index (χ4n) is 4.88. The Morgan fingerprint density at radius 1 is 1.12 bits per heavy atom. The van der Waals surface area contributed by atoms with E-state index in [-0.39, 0.29) is 0 Å². The summed E-state index contributed by atoms with van der Waals surface area (Å²) >= 11 is 6.89. The number of aryl methyl sites for hydroxylation is 1. The van der Waals surface area contributed by atoms with Gasteiger partial charge in [0.1, 0.15) is 11.4 Å². The van der Waals surface area contributed by atoms with Crippen LogP contribution in [0.5, 0.6) is 0 Å². The Bertz CT molecular complexity index is 1160. The van der Waals surface area contributed by atoms with Crippen LogP contribution in [0.3, 0.4) is 0 Å². The molecule has 2 saturated heterocycles. The molecule has 2 aromatic heterocycles. The summed E-state index contributed by atoms with van der Waals surface area (Å²) in [4.78, 5) is 17.7. The maximum Gasteiger partial charge on any atom is 0.227 e. The lowest BCUT2D eigenvalue weighted by atomic mass is 9.98. The number of fused-ring (bicyclic) bond motifs is 2. The second-order valence-electron chi connectivity index (χ2n) is 8.90. The smallest absolute Gasteiger partial charge is 0.227 e. The van der Waals surface area contributed by atoms with Gasteiger partial charge < -0.3 is 19.5 Å². The average Bonchev–Trinajstić information content (AvgIpc) is 3.43. The van der Waals surface area contributed by atoms with E-state index in [0.29, 0.717) is 17.7 Å². The molecule has 174 valence electrons. The van der Waals surface area contributed by atoms with Gasteiger partial charge in [-0.3, -0.25) is 0 Å². The highest BCUT2D eigenvalue weighted by Crippen LogP contribution is 2.37. The molecule has 0 amide bonds. The van der Waals surface area contributed by atoms with Crippen LogP contribution in [0, 0.1) is 0 Å². The van der Waals surface area contributed by atoms with Crippen LogP contribution in [-0.2, 0) is 22.3 Å². The van der Waals surface area contributed by atoms with Gasteiger partial charge in [0.15, 0.2) is 5.82 Å². The number of rotatable bonds is 4. The second-order valence-corrected chi connectivity index (χ2v) is 11.9. The van der Waals surface area contributed by atoms with Crippen molar-refractivity contribution >= 4 is 56.1 Å². The van der Waals surface area contributed by atoms with E-state index in [0.717, 1.165) is 91.3 Å². The number of hydrogen-bond acceptors (Lipinski definition) is 8. The van der Waals surface area contributed by atoms with Gasteiger partial charge in [0, 0.05) is 49.7 Å². The van der Waals surface area contributed by atoms with Crippen molar-refractivity contribution in [3.8, 4) is 0 Å². The molecule has 2 fully saturated rings. The van der Waals surface area contributed by atoms with Crippen LogP contribution in [0.15, 0.2) is 23.1 Å². The van der Waals surface area contributed by atoms with Gasteiger partial charge in [-0.1, -0.05) is 11.6 Å². The summed E-state index contributed by atoms with van der Waals surface area (Å²) in [6.45, 7) is 3.29. The quantitative estimate of drug-likeness (QED) is 0.529. The molecular weight excluding hydrogens is 478 g/mol. The molecule has 3 aliphatic heterocycles. The first-order valence-corrected chi connectivity index (χ1v) is 14.1. The molecule has 0 bridgehead atoms. The van der Waals surface area contributed by atoms with Gasteiger partial charge in [-0.2, -0.15) is 4.98 Å². The van der Waals surface area contributed by atoms with Crippen molar-refractivity contribution in [2.45, 2.75) is 49.0 Å². The Balaban J connectivity index is 1.20. The van der Waals surface area contributed by atoms with E-state index in [1.807, 2.05) is 12.1 Å². The molecule has 0 spiro atoms. The van der Waals surface area contributed by atoms with E-state index >= 15 is 0 Å². The van der Waals surface area contributed by atoms with Crippen LogP contribution in [-0.4, -0.2) is 57.6 Å². The monoisotopic (exact) mass is 503 g/mol. The molecule has 1 atom stereocenters. The molecule has 1 N–H and O–H groups in total. The zero-order valence-electron chi connectivity index (χ0n) is 18.3. The summed E-state index contributed by atoms with van der Waals surface area (Å²) < 4.78 is 19.3. The Labute approximate surface area is 205 Å². The van der Waals surface area contributed by atoms with Crippen LogP contribution < -0.4 is 10.2 Å². The zero-order chi connectivity index (χ0) is 22.4. The molecule has 0 radical (unpaired) electrons. The maximum atomic E-state index is 12.6. The summed E-state index contributed by atoms with van der Waals surface area (Å²) in [5, 5.41) is 5.50. The Morgan fingerprint density at radius 3 is 2.76 bits per heavy atom. The van der Waals surface area contributed by atoms with Crippen molar-refractivity contribution in [3.05, 3.63) is 33.9 Å². The molecule has 0 saturated carbocycles. The lowest BCUT2D eigenvalue weighted by Crippen LogP contribution is -2.35. The number of halogens is 1. The highest BCUT2D eigenvalue weighted by atomic mass is 35.5. The molecule has 1 aromatic carbocycles. The van der Waals surface area contributed by atoms with Gasteiger partial charge in [0.05, 0.1) is 15.2 Å². The first kappa shape index (κ1) is 21.9. The molecule has 0 unspecified atom stereocenters. The Hall–Kier alpha value is -1.65. The SMILES string of the molecule is [O-][S@@+]1CCc2nc(N3CCC(c4nc5cc(Cl)ccc5s4)CC3)nc(NC3CCOCC3)c21. The first-order chi connectivity index (χ1) is 16.1. The van der Waals surface area contributed by atoms with Gasteiger partial charge in [0.25, 0.3) is 0 Å². The van der Waals surface area contributed by atoms with E-state index in [1.165, 1.54) is 9.71 Å². The van der Waals surface area contributed by atoms with Gasteiger partial charge in [-0.15, -0.1) is 11.3 Å². The van der Waals surface area contributed by atoms with Crippen molar-refractivity contribution in [1.29, 1.82) is 0 Å². The van der Waals surface area contributed by atoms with Gasteiger partial charge in [-0.05, 0) is 55.1 Å². The minimum absolute atomic E-state index is 0.307. The predicted molar refractivity (Wildman–Crippen MR) is 133 cm³/mol. The molecule has 0 aliphatic carbocycles. The summed E-state index contributed by atoms with van der Waals surface area (Å²) in [5.74, 6) is 2.61. The average molecular weight is 504 g/mol. The van der Waals surface area contributed by atoms with E-state index in [1.54, 1.807) is 11.3 Å². The second kappa shape index (κ2) is 9.19. The summed E-state index contributed by atoms with van der Waals surface area (Å²) in [7, 11) is 0. The van der Waals surface area contributed by atoms with Gasteiger partial charge in [0.2, 0.25) is 10.8 Å². The number of thiazole rings is 1. The number of piperidine rings is 1. The standard InChI is InChI=1S/C23H26ClN5O2S2/c24-15-1-2-19-18(13-15)26-22(32-19)14-3-8-29(9-4-14)23-27-17-7-12-33(30)20(17)21(28-23)25-16-5-10-31-11-6-16/h1-2,13-14,16H,3-12H2,(H,25,27,28)/t33-/m0/s1. The van der Waals surface area contributed by atoms with Crippen LogP contribution in [0.2, 0.25) is 5.02 Å². The first-order valence-electron chi connectivity index (χ1n) is 11.6. The zero-order valence-corrected chi connectivity index (χ0v) is 20.6. The van der Waals surface area contributed by atoms with Gasteiger partial charge >= 0.3 is 0 Å². The third-order valence-electron chi connectivity index (χ3n) is 6.73. The van der Waals surface area contributed by atoms with Crippen molar-refractivity contribution in [1.82, 2.24) is 15.0 Å². The normalized spacial score (nSPS) is 22.1. The van der Waals surface area contributed by atoms with E-state index in [2.05, 4.69) is 16.3 Å². The fourth-order valence-corrected chi connectivity index (χ4v) is 7.47. The van der Waals surface area contributed by atoms with E-state index in [4.69, 9.17) is 31.3 Å². The molecular formula is C23H26ClN5O2S2. The van der Waals surface area contributed by atoms with Crippen LogP contribution in [0.25, 0.3) is 10.2 Å². The van der Waals surface area contributed by atoms with Crippen molar-refractivity contribution in [2.75, 3.05) is 42.3 Å². The Kier molecular flexibility index (Phi) is 6.08. The fraction of sp³-hybridized carbons (Fsp3) is 0.522. The number of nitrogens with zero attached hydrogens (tertiary/aromatic N) is 4. The number of aromatic nitrogens is 3. The summed E-state index contributed by atoms with van der Waals surface area (Å²) in [6, 6.07) is 6.24.